The molecule has 0 saturated heterocycles. The molecule has 6 heteroatoms. The van der Waals surface area contributed by atoms with Crippen LogP contribution in [0.2, 0.25) is 0 Å². The van der Waals surface area contributed by atoms with Crippen LogP contribution in [-0.4, -0.2) is 21.1 Å². The Bertz CT molecular complexity index is 731. The van der Waals surface area contributed by atoms with Gasteiger partial charge in [0.1, 0.15) is 5.69 Å². The Morgan fingerprint density at radius 2 is 2.10 bits per heavy atom. The molecular weight excluding hydrogens is 284 g/mol. The molecule has 3 rings (SSSR count). The monoisotopic (exact) mass is 298 g/mol. The summed E-state index contributed by atoms with van der Waals surface area (Å²) in [6, 6.07) is 9.90. The molecule has 0 atom stereocenters. The van der Waals surface area contributed by atoms with E-state index < -0.39 is 0 Å². The van der Waals surface area contributed by atoms with Crippen LogP contribution in [-0.2, 0) is 6.54 Å². The first-order chi connectivity index (χ1) is 10.2. The zero-order valence-corrected chi connectivity index (χ0v) is 12.3. The van der Waals surface area contributed by atoms with E-state index in [9.17, 15) is 4.79 Å². The second kappa shape index (κ2) is 5.88. The maximum atomic E-state index is 11.9. The summed E-state index contributed by atoms with van der Waals surface area (Å²) in [5.74, 6) is -0.142. The van der Waals surface area contributed by atoms with Crippen LogP contribution in [0.4, 0.5) is 0 Å². The fraction of sp³-hybridized carbons (Fsp3) is 0.133. The summed E-state index contributed by atoms with van der Waals surface area (Å²) >= 11 is 1.47. The number of aromatic nitrogens is 3. The molecule has 0 bridgehead atoms. The van der Waals surface area contributed by atoms with Gasteiger partial charge in [0.25, 0.3) is 5.91 Å². The van der Waals surface area contributed by atoms with Crippen molar-refractivity contribution in [1.29, 1.82) is 0 Å². The Labute approximate surface area is 126 Å². The van der Waals surface area contributed by atoms with Gasteiger partial charge in [-0.1, -0.05) is 24.3 Å². The van der Waals surface area contributed by atoms with E-state index in [0.29, 0.717) is 12.2 Å². The molecule has 2 N–H and O–H groups in total. The Hall–Kier alpha value is -2.47. The van der Waals surface area contributed by atoms with E-state index in [2.05, 4.69) is 20.5 Å². The molecule has 1 aromatic carbocycles. The van der Waals surface area contributed by atoms with Gasteiger partial charge in [-0.3, -0.25) is 9.89 Å². The Kier molecular flexibility index (Phi) is 3.79. The van der Waals surface area contributed by atoms with Crippen molar-refractivity contribution in [3.05, 3.63) is 58.2 Å². The third kappa shape index (κ3) is 3.17. The lowest BCUT2D eigenvalue weighted by molar-refractivity contribution is 0.0946. The molecule has 0 saturated carbocycles. The maximum absolute atomic E-state index is 11.9. The molecule has 0 fully saturated rings. The van der Waals surface area contributed by atoms with Crippen molar-refractivity contribution >= 4 is 17.2 Å². The average Bonchev–Trinajstić information content (AvgIpc) is 3.16. The van der Waals surface area contributed by atoms with E-state index in [1.165, 1.54) is 11.3 Å². The molecule has 0 aliphatic rings. The number of rotatable bonds is 4. The summed E-state index contributed by atoms with van der Waals surface area (Å²) in [7, 11) is 0. The molecule has 0 spiro atoms. The largest absolute Gasteiger partial charge is 0.347 e. The highest BCUT2D eigenvalue weighted by atomic mass is 32.1. The first-order valence-corrected chi connectivity index (χ1v) is 7.39. The van der Waals surface area contributed by atoms with Gasteiger partial charge in [-0.05, 0) is 24.1 Å². The highest BCUT2D eigenvalue weighted by molar-refractivity contribution is 7.09. The number of hydrogen-bond acceptors (Lipinski definition) is 4. The molecule has 0 unspecified atom stereocenters. The Morgan fingerprint density at radius 1 is 1.29 bits per heavy atom. The molecule has 5 nitrogen and oxygen atoms in total. The SMILES string of the molecule is Cc1nc(C(=O)NCc2ccc(-c3ccn[nH]3)cc2)cs1. The van der Waals surface area contributed by atoms with Gasteiger partial charge in [0.05, 0.1) is 10.7 Å². The standard InChI is InChI=1S/C15H14N4OS/c1-10-18-14(9-21-10)15(20)16-8-11-2-4-12(5-3-11)13-6-7-17-19-13/h2-7,9H,8H2,1H3,(H,16,20)(H,17,19). The molecular formula is C15H14N4OS. The van der Waals surface area contributed by atoms with Crippen molar-refractivity contribution in [1.82, 2.24) is 20.5 Å². The predicted octanol–water partition coefficient (Wildman–Crippen LogP) is 2.77. The van der Waals surface area contributed by atoms with E-state index in [1.807, 2.05) is 37.3 Å². The molecule has 2 aromatic heterocycles. The smallest absolute Gasteiger partial charge is 0.271 e. The topological polar surface area (TPSA) is 70.7 Å². The fourth-order valence-electron chi connectivity index (χ4n) is 1.96. The minimum Gasteiger partial charge on any atom is -0.347 e. The summed E-state index contributed by atoms with van der Waals surface area (Å²) < 4.78 is 0. The zero-order valence-electron chi connectivity index (χ0n) is 11.5. The Balaban J connectivity index is 1.62. The quantitative estimate of drug-likeness (QED) is 0.778. The molecule has 0 radical (unpaired) electrons. The molecule has 106 valence electrons. The number of nitrogens with one attached hydrogen (secondary N) is 2. The first-order valence-electron chi connectivity index (χ1n) is 6.51. The van der Waals surface area contributed by atoms with Gasteiger partial charge >= 0.3 is 0 Å². The van der Waals surface area contributed by atoms with E-state index >= 15 is 0 Å². The highest BCUT2D eigenvalue weighted by Crippen LogP contribution is 2.16. The van der Waals surface area contributed by atoms with Crippen molar-refractivity contribution < 1.29 is 4.79 Å². The minimum atomic E-state index is -0.142. The fourth-order valence-corrected chi connectivity index (χ4v) is 2.55. The molecule has 1 amide bonds. The van der Waals surface area contributed by atoms with E-state index in [4.69, 9.17) is 0 Å². The van der Waals surface area contributed by atoms with Gasteiger partial charge in [0, 0.05) is 18.1 Å². The number of aryl methyl sites for hydroxylation is 1. The van der Waals surface area contributed by atoms with Crippen LogP contribution in [0.5, 0.6) is 0 Å². The number of H-pyrrole nitrogens is 1. The summed E-state index contributed by atoms with van der Waals surface area (Å²) in [6.07, 6.45) is 1.72. The van der Waals surface area contributed by atoms with E-state index in [0.717, 1.165) is 21.8 Å². The van der Waals surface area contributed by atoms with Crippen LogP contribution in [0, 0.1) is 6.92 Å². The number of hydrogen-bond donors (Lipinski definition) is 2. The van der Waals surface area contributed by atoms with Crippen molar-refractivity contribution in [3.63, 3.8) is 0 Å². The van der Waals surface area contributed by atoms with Gasteiger partial charge in [-0.2, -0.15) is 5.10 Å². The summed E-state index contributed by atoms with van der Waals surface area (Å²) in [5, 5.41) is 12.4. The molecule has 0 aliphatic carbocycles. The van der Waals surface area contributed by atoms with Crippen LogP contribution in [0.25, 0.3) is 11.3 Å². The number of amides is 1. The average molecular weight is 298 g/mol. The summed E-state index contributed by atoms with van der Waals surface area (Å²) in [4.78, 5) is 16.1. The minimum absolute atomic E-state index is 0.142. The number of aromatic amines is 1. The third-order valence-electron chi connectivity index (χ3n) is 3.07. The number of nitrogens with zero attached hydrogens (tertiary/aromatic N) is 2. The summed E-state index contributed by atoms with van der Waals surface area (Å²) in [6.45, 7) is 2.37. The Morgan fingerprint density at radius 3 is 2.71 bits per heavy atom. The van der Waals surface area contributed by atoms with Gasteiger partial charge in [0.2, 0.25) is 0 Å². The summed E-state index contributed by atoms with van der Waals surface area (Å²) in [5.41, 5.74) is 3.56. The van der Waals surface area contributed by atoms with Crippen LogP contribution >= 0.6 is 11.3 Å². The van der Waals surface area contributed by atoms with Crippen molar-refractivity contribution in [2.45, 2.75) is 13.5 Å². The van der Waals surface area contributed by atoms with E-state index in [1.54, 1.807) is 11.6 Å². The van der Waals surface area contributed by atoms with Gasteiger partial charge in [0.15, 0.2) is 0 Å². The van der Waals surface area contributed by atoms with Gasteiger partial charge < -0.3 is 5.32 Å². The third-order valence-corrected chi connectivity index (χ3v) is 3.84. The van der Waals surface area contributed by atoms with Crippen LogP contribution < -0.4 is 5.32 Å². The molecule has 0 aliphatic heterocycles. The lowest BCUT2D eigenvalue weighted by Gasteiger charge is -2.04. The predicted molar refractivity (Wildman–Crippen MR) is 82.0 cm³/mol. The molecule has 2 heterocycles. The van der Waals surface area contributed by atoms with Crippen molar-refractivity contribution in [2.24, 2.45) is 0 Å². The number of carbonyl (C=O) groups is 1. The van der Waals surface area contributed by atoms with Gasteiger partial charge in [-0.15, -0.1) is 11.3 Å². The highest BCUT2D eigenvalue weighted by Gasteiger charge is 2.08. The van der Waals surface area contributed by atoms with Crippen LogP contribution in [0.3, 0.4) is 0 Å². The second-order valence-electron chi connectivity index (χ2n) is 4.60. The lowest BCUT2D eigenvalue weighted by Crippen LogP contribution is -2.23. The van der Waals surface area contributed by atoms with Gasteiger partial charge in [-0.25, -0.2) is 4.98 Å². The molecule has 3 aromatic rings. The number of thiazole rings is 1. The lowest BCUT2D eigenvalue weighted by atomic mass is 10.1. The first kappa shape index (κ1) is 13.5. The maximum Gasteiger partial charge on any atom is 0.271 e. The number of benzene rings is 1. The normalized spacial score (nSPS) is 10.5. The second-order valence-corrected chi connectivity index (χ2v) is 5.66. The van der Waals surface area contributed by atoms with E-state index in [-0.39, 0.29) is 5.91 Å². The molecule has 21 heavy (non-hydrogen) atoms. The zero-order chi connectivity index (χ0) is 14.7. The number of carbonyl (C=O) groups excluding carboxylic acids is 1. The van der Waals surface area contributed by atoms with Crippen molar-refractivity contribution in [2.75, 3.05) is 0 Å². The van der Waals surface area contributed by atoms with Crippen LogP contribution in [0.15, 0.2) is 41.9 Å². The van der Waals surface area contributed by atoms with Crippen molar-refractivity contribution in [3.8, 4) is 11.3 Å². The van der Waals surface area contributed by atoms with Crippen LogP contribution in [0.1, 0.15) is 21.1 Å².